The molecule has 0 aliphatic carbocycles. The standard InChI is InChI=1S/C8H5BrFNO/c9-7-5(3-4-11)1-2-6(12)8(7)10/h1-2,12H,3H2. The molecule has 0 aliphatic heterocycles. The Morgan fingerprint density at radius 1 is 1.58 bits per heavy atom. The molecule has 0 atom stereocenters. The Morgan fingerprint density at radius 2 is 2.25 bits per heavy atom. The zero-order valence-electron chi connectivity index (χ0n) is 6.01. The van der Waals surface area contributed by atoms with Gasteiger partial charge in [0, 0.05) is 0 Å². The number of nitrogens with zero attached hydrogens (tertiary/aromatic N) is 1. The van der Waals surface area contributed by atoms with Gasteiger partial charge in [0.2, 0.25) is 0 Å². The molecule has 0 bridgehead atoms. The van der Waals surface area contributed by atoms with E-state index in [1.165, 1.54) is 12.1 Å². The fourth-order valence-electron chi connectivity index (χ4n) is 0.801. The lowest BCUT2D eigenvalue weighted by molar-refractivity contribution is 0.430. The highest BCUT2D eigenvalue weighted by atomic mass is 79.9. The van der Waals surface area contributed by atoms with E-state index in [4.69, 9.17) is 10.4 Å². The molecule has 2 nitrogen and oxygen atoms in total. The van der Waals surface area contributed by atoms with Crippen LogP contribution in [-0.4, -0.2) is 5.11 Å². The average Bonchev–Trinajstić information content (AvgIpc) is 2.07. The van der Waals surface area contributed by atoms with Crippen LogP contribution < -0.4 is 0 Å². The topological polar surface area (TPSA) is 44.0 Å². The molecule has 0 aliphatic rings. The minimum absolute atomic E-state index is 0.123. The van der Waals surface area contributed by atoms with E-state index in [1.807, 2.05) is 6.07 Å². The first-order valence-electron chi connectivity index (χ1n) is 3.19. The van der Waals surface area contributed by atoms with Crippen LogP contribution in [-0.2, 0) is 6.42 Å². The van der Waals surface area contributed by atoms with Crippen molar-refractivity contribution >= 4 is 15.9 Å². The molecule has 0 saturated heterocycles. The average molecular weight is 230 g/mol. The van der Waals surface area contributed by atoms with Crippen LogP contribution in [0.4, 0.5) is 4.39 Å². The maximum Gasteiger partial charge on any atom is 0.179 e. The Balaban J connectivity index is 3.19. The molecule has 1 aromatic carbocycles. The summed E-state index contributed by atoms with van der Waals surface area (Å²) in [4.78, 5) is 0. The number of rotatable bonds is 1. The van der Waals surface area contributed by atoms with Crippen LogP contribution in [0.3, 0.4) is 0 Å². The molecular weight excluding hydrogens is 225 g/mol. The lowest BCUT2D eigenvalue weighted by atomic mass is 10.1. The quantitative estimate of drug-likeness (QED) is 0.804. The normalized spacial score (nSPS) is 9.42. The summed E-state index contributed by atoms with van der Waals surface area (Å²) in [7, 11) is 0. The Kier molecular flexibility index (Phi) is 2.66. The minimum atomic E-state index is -0.720. The SMILES string of the molecule is N#CCc1ccc(O)c(F)c1Br. The van der Waals surface area contributed by atoms with Gasteiger partial charge in [0.25, 0.3) is 0 Å². The molecule has 62 valence electrons. The maximum atomic E-state index is 12.9. The number of halogens is 2. The van der Waals surface area contributed by atoms with Crippen molar-refractivity contribution in [3.05, 3.63) is 28.0 Å². The van der Waals surface area contributed by atoms with Crippen molar-refractivity contribution in [1.29, 1.82) is 5.26 Å². The zero-order chi connectivity index (χ0) is 9.14. The number of nitriles is 1. The van der Waals surface area contributed by atoms with Gasteiger partial charge in [0.15, 0.2) is 11.6 Å². The Hall–Kier alpha value is -1.08. The zero-order valence-corrected chi connectivity index (χ0v) is 7.60. The molecule has 1 rings (SSSR count). The number of hydrogen-bond acceptors (Lipinski definition) is 2. The van der Waals surface area contributed by atoms with Crippen molar-refractivity contribution in [3.8, 4) is 11.8 Å². The molecule has 1 aromatic rings. The van der Waals surface area contributed by atoms with Gasteiger partial charge in [-0.2, -0.15) is 5.26 Å². The predicted octanol–water partition coefficient (Wildman–Crippen LogP) is 2.36. The second-order valence-electron chi connectivity index (χ2n) is 2.21. The molecule has 4 heteroatoms. The summed E-state index contributed by atoms with van der Waals surface area (Å²) >= 11 is 2.95. The fraction of sp³-hybridized carbons (Fsp3) is 0.125. The van der Waals surface area contributed by atoms with E-state index in [0.29, 0.717) is 5.56 Å². The number of phenolic OH excluding ortho intramolecular Hbond substituents is 1. The van der Waals surface area contributed by atoms with E-state index in [2.05, 4.69) is 15.9 Å². The number of phenols is 1. The first-order chi connectivity index (χ1) is 5.66. The highest BCUT2D eigenvalue weighted by Gasteiger charge is 2.09. The Labute approximate surface area is 77.4 Å². The third-order valence-electron chi connectivity index (χ3n) is 1.41. The van der Waals surface area contributed by atoms with Crippen LogP contribution in [0.15, 0.2) is 16.6 Å². The van der Waals surface area contributed by atoms with Gasteiger partial charge in [-0.25, -0.2) is 4.39 Å². The van der Waals surface area contributed by atoms with Crippen LogP contribution in [0.1, 0.15) is 5.56 Å². The summed E-state index contributed by atoms with van der Waals surface area (Å²) in [5.74, 6) is -1.13. The fourth-order valence-corrected chi connectivity index (χ4v) is 1.28. The van der Waals surface area contributed by atoms with Crippen molar-refractivity contribution < 1.29 is 9.50 Å². The van der Waals surface area contributed by atoms with E-state index in [9.17, 15) is 4.39 Å². The summed E-state index contributed by atoms with van der Waals surface area (Å²) in [6.07, 6.45) is 0.123. The van der Waals surface area contributed by atoms with E-state index in [1.54, 1.807) is 0 Å². The molecular formula is C8H5BrFNO. The summed E-state index contributed by atoms with van der Waals surface area (Å²) in [6, 6.07) is 4.63. The maximum absolute atomic E-state index is 12.9. The minimum Gasteiger partial charge on any atom is -0.505 e. The molecule has 1 N–H and O–H groups in total. The molecule has 0 amide bonds. The van der Waals surface area contributed by atoms with Gasteiger partial charge in [-0.3, -0.25) is 0 Å². The number of aromatic hydroxyl groups is 1. The number of hydrogen-bond donors (Lipinski definition) is 1. The first kappa shape index (κ1) is 9.01. The van der Waals surface area contributed by atoms with Gasteiger partial charge < -0.3 is 5.11 Å². The van der Waals surface area contributed by atoms with E-state index < -0.39 is 11.6 Å². The molecule has 0 unspecified atom stereocenters. The third-order valence-corrected chi connectivity index (χ3v) is 2.27. The monoisotopic (exact) mass is 229 g/mol. The molecule has 0 spiro atoms. The van der Waals surface area contributed by atoms with Gasteiger partial charge in [-0.1, -0.05) is 6.07 Å². The van der Waals surface area contributed by atoms with Crippen molar-refractivity contribution in [2.45, 2.75) is 6.42 Å². The van der Waals surface area contributed by atoms with E-state index in [0.717, 1.165) is 0 Å². The van der Waals surface area contributed by atoms with Gasteiger partial charge in [-0.05, 0) is 27.6 Å². The highest BCUT2D eigenvalue weighted by molar-refractivity contribution is 9.10. The lowest BCUT2D eigenvalue weighted by Gasteiger charge is -2.01. The van der Waals surface area contributed by atoms with E-state index in [-0.39, 0.29) is 10.9 Å². The molecule has 0 radical (unpaired) electrons. The number of benzene rings is 1. The second kappa shape index (κ2) is 3.55. The molecule has 0 fully saturated rings. The second-order valence-corrected chi connectivity index (χ2v) is 3.00. The molecule has 0 heterocycles. The summed E-state index contributed by atoms with van der Waals surface area (Å²) in [6.45, 7) is 0. The Bertz CT molecular complexity index is 346. The smallest absolute Gasteiger partial charge is 0.179 e. The van der Waals surface area contributed by atoms with Crippen LogP contribution in [0, 0.1) is 17.1 Å². The van der Waals surface area contributed by atoms with Gasteiger partial charge in [-0.15, -0.1) is 0 Å². The molecule has 12 heavy (non-hydrogen) atoms. The summed E-state index contributed by atoms with van der Waals surface area (Å²) in [5, 5.41) is 17.3. The van der Waals surface area contributed by atoms with Crippen molar-refractivity contribution in [2.24, 2.45) is 0 Å². The first-order valence-corrected chi connectivity index (χ1v) is 3.99. The Morgan fingerprint density at radius 3 is 2.83 bits per heavy atom. The summed E-state index contributed by atoms with van der Waals surface area (Å²) in [5.41, 5.74) is 0.535. The van der Waals surface area contributed by atoms with Crippen LogP contribution in [0.25, 0.3) is 0 Å². The van der Waals surface area contributed by atoms with E-state index >= 15 is 0 Å². The van der Waals surface area contributed by atoms with Crippen molar-refractivity contribution in [2.75, 3.05) is 0 Å². The largest absolute Gasteiger partial charge is 0.505 e. The van der Waals surface area contributed by atoms with Crippen LogP contribution in [0.2, 0.25) is 0 Å². The van der Waals surface area contributed by atoms with Gasteiger partial charge >= 0.3 is 0 Å². The highest BCUT2D eigenvalue weighted by Crippen LogP contribution is 2.27. The summed E-state index contributed by atoms with van der Waals surface area (Å²) < 4.78 is 13.1. The van der Waals surface area contributed by atoms with Crippen molar-refractivity contribution in [1.82, 2.24) is 0 Å². The third kappa shape index (κ3) is 1.56. The van der Waals surface area contributed by atoms with Crippen molar-refractivity contribution in [3.63, 3.8) is 0 Å². The van der Waals surface area contributed by atoms with Gasteiger partial charge in [0.1, 0.15) is 0 Å². The molecule has 0 aromatic heterocycles. The van der Waals surface area contributed by atoms with Gasteiger partial charge in [0.05, 0.1) is 17.0 Å². The molecule has 0 saturated carbocycles. The predicted molar refractivity (Wildman–Crippen MR) is 45.1 cm³/mol. The van der Waals surface area contributed by atoms with Crippen LogP contribution in [0.5, 0.6) is 5.75 Å². The van der Waals surface area contributed by atoms with Crippen LogP contribution >= 0.6 is 15.9 Å². The lowest BCUT2D eigenvalue weighted by Crippen LogP contribution is -1.87.